The van der Waals surface area contributed by atoms with Gasteiger partial charge in [-0.1, -0.05) is 0 Å². The summed E-state index contributed by atoms with van der Waals surface area (Å²) in [6, 6.07) is 3.79. The van der Waals surface area contributed by atoms with Crippen molar-refractivity contribution in [3.8, 4) is 0 Å². The third-order valence-corrected chi connectivity index (χ3v) is 5.76. The number of thiazole rings is 1. The molecule has 2 amide bonds. The van der Waals surface area contributed by atoms with E-state index < -0.39 is 0 Å². The van der Waals surface area contributed by atoms with Gasteiger partial charge in [0.2, 0.25) is 0 Å². The van der Waals surface area contributed by atoms with E-state index in [2.05, 4.69) is 30.7 Å². The first kappa shape index (κ1) is 16.3. The minimum absolute atomic E-state index is 0.167. The fourth-order valence-electron chi connectivity index (χ4n) is 3.23. The summed E-state index contributed by atoms with van der Waals surface area (Å²) in [5.41, 5.74) is 2.09. The summed E-state index contributed by atoms with van der Waals surface area (Å²) in [5, 5.41) is 14.8. The Bertz CT molecular complexity index is 729. The van der Waals surface area contributed by atoms with E-state index in [9.17, 15) is 4.79 Å². The number of carbonyl (C=O) groups is 1. The minimum Gasteiger partial charge on any atom is -0.354 e. The van der Waals surface area contributed by atoms with Gasteiger partial charge in [-0.15, -0.1) is 16.4 Å². The molecule has 2 aromatic heterocycles. The predicted octanol–water partition coefficient (Wildman–Crippen LogP) is 2.38. The van der Waals surface area contributed by atoms with Crippen LogP contribution >= 0.6 is 11.3 Å². The summed E-state index contributed by atoms with van der Waals surface area (Å²) >= 11 is 1.61. The molecule has 8 heteroatoms. The van der Waals surface area contributed by atoms with Crippen molar-refractivity contribution in [3.63, 3.8) is 0 Å². The lowest BCUT2D eigenvalue weighted by atomic mass is 10.0. The van der Waals surface area contributed by atoms with Gasteiger partial charge in [0.1, 0.15) is 0 Å². The predicted molar refractivity (Wildman–Crippen MR) is 98.2 cm³/mol. The van der Waals surface area contributed by atoms with Gasteiger partial charge in [-0.25, -0.2) is 9.78 Å². The lowest BCUT2D eigenvalue weighted by Gasteiger charge is -2.39. The molecule has 7 nitrogen and oxygen atoms in total. The second kappa shape index (κ2) is 6.95. The number of hydrogen-bond acceptors (Lipinski definition) is 6. The molecule has 132 valence electrons. The SMILES string of the molecule is Cc1ccc(N2CC(CNC(=O)Nc3nc4c(s3)CCCC4)C2)nn1. The molecule has 0 spiro atoms. The Balaban J connectivity index is 1.21. The number of nitrogens with one attached hydrogen (secondary N) is 2. The maximum atomic E-state index is 12.1. The van der Waals surface area contributed by atoms with Crippen LogP contribution in [0.25, 0.3) is 0 Å². The number of amides is 2. The van der Waals surface area contributed by atoms with Crippen LogP contribution in [0.5, 0.6) is 0 Å². The van der Waals surface area contributed by atoms with Crippen LogP contribution < -0.4 is 15.5 Å². The highest BCUT2D eigenvalue weighted by molar-refractivity contribution is 7.15. The second-order valence-corrected chi connectivity index (χ2v) is 7.82. The summed E-state index contributed by atoms with van der Waals surface area (Å²) in [6.07, 6.45) is 4.56. The molecule has 1 saturated heterocycles. The van der Waals surface area contributed by atoms with Crippen molar-refractivity contribution < 1.29 is 4.79 Å². The van der Waals surface area contributed by atoms with Crippen LogP contribution in [0, 0.1) is 12.8 Å². The van der Waals surface area contributed by atoms with E-state index in [-0.39, 0.29) is 6.03 Å². The van der Waals surface area contributed by atoms with E-state index >= 15 is 0 Å². The quantitative estimate of drug-likeness (QED) is 0.877. The minimum atomic E-state index is -0.167. The molecule has 0 unspecified atom stereocenters. The Hall–Kier alpha value is -2.22. The fourth-order valence-corrected chi connectivity index (χ4v) is 4.28. The molecular weight excluding hydrogens is 336 g/mol. The van der Waals surface area contributed by atoms with Crippen molar-refractivity contribution in [2.75, 3.05) is 29.9 Å². The van der Waals surface area contributed by atoms with Gasteiger partial charge < -0.3 is 10.2 Å². The molecule has 3 heterocycles. The molecule has 0 atom stereocenters. The average molecular weight is 358 g/mol. The van der Waals surface area contributed by atoms with Crippen LogP contribution in [0.4, 0.5) is 15.7 Å². The summed E-state index contributed by atoms with van der Waals surface area (Å²) in [6.45, 7) is 4.37. The zero-order chi connectivity index (χ0) is 17.2. The van der Waals surface area contributed by atoms with Gasteiger partial charge >= 0.3 is 6.03 Å². The summed E-state index contributed by atoms with van der Waals surface area (Å²) in [5.74, 6) is 1.35. The first-order chi connectivity index (χ1) is 12.2. The lowest BCUT2D eigenvalue weighted by Crippen LogP contribution is -2.52. The van der Waals surface area contributed by atoms with Gasteiger partial charge in [0.05, 0.1) is 11.4 Å². The number of nitrogens with zero attached hydrogens (tertiary/aromatic N) is 4. The van der Waals surface area contributed by atoms with Gasteiger partial charge in [0.15, 0.2) is 10.9 Å². The van der Waals surface area contributed by atoms with Crippen LogP contribution in [-0.4, -0.2) is 40.8 Å². The number of anilines is 2. The van der Waals surface area contributed by atoms with Crippen molar-refractivity contribution >= 4 is 28.3 Å². The third-order valence-electron chi connectivity index (χ3n) is 4.68. The number of aromatic nitrogens is 3. The third kappa shape index (κ3) is 3.73. The van der Waals surface area contributed by atoms with Crippen LogP contribution in [0.1, 0.15) is 29.1 Å². The topological polar surface area (TPSA) is 83.0 Å². The van der Waals surface area contributed by atoms with Crippen LogP contribution in [0.3, 0.4) is 0 Å². The van der Waals surface area contributed by atoms with E-state index in [1.54, 1.807) is 11.3 Å². The zero-order valence-corrected chi connectivity index (χ0v) is 15.1. The normalized spacial score (nSPS) is 16.9. The van der Waals surface area contributed by atoms with E-state index in [0.29, 0.717) is 12.5 Å². The molecule has 0 saturated carbocycles. The molecule has 2 aromatic rings. The molecule has 0 aromatic carbocycles. The van der Waals surface area contributed by atoms with Crippen LogP contribution in [0.15, 0.2) is 12.1 Å². The number of aryl methyl sites for hydroxylation is 3. The highest BCUT2D eigenvalue weighted by atomic mass is 32.1. The first-order valence-electron chi connectivity index (χ1n) is 8.76. The van der Waals surface area contributed by atoms with E-state index in [1.165, 1.54) is 23.4 Å². The molecular formula is C17H22N6OS. The number of fused-ring (bicyclic) bond motifs is 1. The molecule has 1 aliphatic heterocycles. The maximum absolute atomic E-state index is 12.1. The number of hydrogen-bond donors (Lipinski definition) is 2. The van der Waals surface area contributed by atoms with Crippen LogP contribution in [0.2, 0.25) is 0 Å². The molecule has 25 heavy (non-hydrogen) atoms. The Morgan fingerprint density at radius 2 is 2.12 bits per heavy atom. The Labute approximate surface area is 150 Å². The summed E-state index contributed by atoms with van der Waals surface area (Å²) in [4.78, 5) is 20.1. The Morgan fingerprint density at radius 3 is 2.88 bits per heavy atom. The Morgan fingerprint density at radius 1 is 1.28 bits per heavy atom. The molecule has 4 rings (SSSR count). The van der Waals surface area contributed by atoms with Gasteiger partial charge in [0.25, 0.3) is 0 Å². The standard InChI is InChI=1S/C17H22N6OS/c1-11-6-7-15(22-21-11)23-9-12(10-23)8-18-16(24)20-17-19-13-4-2-3-5-14(13)25-17/h6-7,12H,2-5,8-10H2,1H3,(H2,18,19,20,24). The molecule has 0 bridgehead atoms. The van der Waals surface area contributed by atoms with Crippen molar-refractivity contribution in [1.82, 2.24) is 20.5 Å². The molecule has 2 aliphatic rings. The van der Waals surface area contributed by atoms with Gasteiger partial charge in [-0.2, -0.15) is 5.10 Å². The van der Waals surface area contributed by atoms with Crippen molar-refractivity contribution in [2.45, 2.75) is 32.6 Å². The summed E-state index contributed by atoms with van der Waals surface area (Å²) < 4.78 is 0. The fraction of sp³-hybridized carbons (Fsp3) is 0.529. The van der Waals surface area contributed by atoms with Gasteiger partial charge in [-0.05, 0) is 44.7 Å². The maximum Gasteiger partial charge on any atom is 0.321 e. The molecule has 0 radical (unpaired) electrons. The van der Waals surface area contributed by atoms with Crippen molar-refractivity contribution in [2.24, 2.45) is 5.92 Å². The Kier molecular flexibility index (Phi) is 4.52. The zero-order valence-electron chi connectivity index (χ0n) is 14.3. The van der Waals surface area contributed by atoms with E-state index in [1.807, 2.05) is 19.1 Å². The number of rotatable bonds is 4. The van der Waals surface area contributed by atoms with Gasteiger partial charge in [-0.3, -0.25) is 5.32 Å². The largest absolute Gasteiger partial charge is 0.354 e. The highest BCUT2D eigenvalue weighted by Gasteiger charge is 2.28. The second-order valence-electron chi connectivity index (χ2n) is 6.73. The van der Waals surface area contributed by atoms with Crippen molar-refractivity contribution in [3.05, 3.63) is 28.4 Å². The number of carbonyl (C=O) groups excluding carboxylic acids is 1. The molecule has 2 N–H and O–H groups in total. The summed E-state index contributed by atoms with van der Waals surface area (Å²) in [7, 11) is 0. The van der Waals surface area contributed by atoms with Crippen LogP contribution in [-0.2, 0) is 12.8 Å². The molecule has 1 fully saturated rings. The van der Waals surface area contributed by atoms with Gasteiger partial charge in [0, 0.05) is 30.4 Å². The van der Waals surface area contributed by atoms with E-state index in [4.69, 9.17) is 0 Å². The van der Waals surface area contributed by atoms with Crippen molar-refractivity contribution in [1.29, 1.82) is 0 Å². The highest BCUT2D eigenvalue weighted by Crippen LogP contribution is 2.29. The van der Waals surface area contributed by atoms with E-state index in [0.717, 1.165) is 42.6 Å². The smallest absolute Gasteiger partial charge is 0.321 e. The first-order valence-corrected chi connectivity index (χ1v) is 9.58. The number of urea groups is 1. The lowest BCUT2D eigenvalue weighted by molar-refractivity contribution is 0.248. The molecule has 1 aliphatic carbocycles. The monoisotopic (exact) mass is 358 g/mol. The average Bonchev–Trinajstić information content (AvgIpc) is 2.97.